The van der Waals surface area contributed by atoms with Gasteiger partial charge in [-0.2, -0.15) is 0 Å². The highest BCUT2D eigenvalue weighted by Crippen LogP contribution is 2.27. The van der Waals surface area contributed by atoms with Crippen LogP contribution < -0.4 is 5.32 Å². The molecule has 1 N–H and O–H groups in total. The summed E-state index contributed by atoms with van der Waals surface area (Å²) in [5, 5.41) is 5.75. The van der Waals surface area contributed by atoms with E-state index in [1.54, 1.807) is 11.3 Å². The maximum absolute atomic E-state index is 12.9. The fraction of sp³-hybridized carbons (Fsp3) is 0.348. The monoisotopic (exact) mass is 407 g/mol. The van der Waals surface area contributed by atoms with E-state index >= 15 is 0 Å². The van der Waals surface area contributed by atoms with Crippen molar-refractivity contribution >= 4 is 34.1 Å². The number of carbonyl (C=O) groups excluding carboxylic acids is 2. The summed E-state index contributed by atoms with van der Waals surface area (Å²) < 4.78 is 0. The molecular weight excluding hydrogens is 382 g/mol. The van der Waals surface area contributed by atoms with Crippen LogP contribution in [-0.2, 0) is 4.79 Å². The number of pyridine rings is 1. The average Bonchev–Trinajstić information content (AvgIpc) is 3.27. The van der Waals surface area contributed by atoms with Gasteiger partial charge in [-0.05, 0) is 42.3 Å². The van der Waals surface area contributed by atoms with Crippen LogP contribution in [0.5, 0.6) is 0 Å². The zero-order valence-electron chi connectivity index (χ0n) is 16.6. The molecule has 150 valence electrons. The third-order valence-corrected chi connectivity index (χ3v) is 6.26. The number of nitrogens with one attached hydrogen (secondary N) is 1. The Morgan fingerprint density at radius 2 is 2.10 bits per heavy atom. The Kier molecular flexibility index (Phi) is 5.90. The van der Waals surface area contributed by atoms with Gasteiger partial charge in [-0.15, -0.1) is 11.3 Å². The van der Waals surface area contributed by atoms with Gasteiger partial charge in [0.1, 0.15) is 0 Å². The van der Waals surface area contributed by atoms with Gasteiger partial charge in [0.15, 0.2) is 0 Å². The van der Waals surface area contributed by atoms with Crippen LogP contribution in [0.2, 0.25) is 0 Å². The van der Waals surface area contributed by atoms with Gasteiger partial charge in [0.2, 0.25) is 5.91 Å². The molecule has 6 heteroatoms. The zero-order chi connectivity index (χ0) is 20.2. The van der Waals surface area contributed by atoms with Crippen LogP contribution in [0.4, 0.5) is 0 Å². The molecule has 1 aliphatic heterocycles. The number of aromatic nitrogens is 1. The highest BCUT2D eigenvalue weighted by Gasteiger charge is 2.21. The van der Waals surface area contributed by atoms with Gasteiger partial charge in [0.25, 0.3) is 5.91 Å². The third-order valence-electron chi connectivity index (χ3n) is 5.37. The fourth-order valence-corrected chi connectivity index (χ4v) is 4.55. The number of hydrogen-bond donors (Lipinski definition) is 1. The van der Waals surface area contributed by atoms with E-state index < -0.39 is 0 Å². The molecule has 0 aliphatic carbocycles. The molecule has 0 radical (unpaired) electrons. The molecule has 5 nitrogen and oxygen atoms in total. The van der Waals surface area contributed by atoms with Crippen molar-refractivity contribution in [3.63, 3.8) is 0 Å². The standard InChI is InChI=1S/C23H25N3O2S/c1-16-6-4-12-26(15-16)22(27)10-11-24-23(28)18-14-20(21-9-5-13-29-21)25-19-8-3-2-7-17(18)19/h2-3,5,7-9,13-14,16H,4,6,10-12,15H2,1H3,(H,24,28). The van der Waals surface area contributed by atoms with Gasteiger partial charge in [-0.1, -0.05) is 31.2 Å². The number of amides is 2. The summed E-state index contributed by atoms with van der Waals surface area (Å²) in [6, 6.07) is 13.5. The van der Waals surface area contributed by atoms with Crippen LogP contribution in [0.3, 0.4) is 0 Å². The van der Waals surface area contributed by atoms with Gasteiger partial charge in [0.05, 0.1) is 21.7 Å². The Bertz CT molecular complexity index is 1020. The molecule has 1 fully saturated rings. The zero-order valence-corrected chi connectivity index (χ0v) is 17.4. The van der Waals surface area contributed by atoms with Crippen LogP contribution in [-0.4, -0.2) is 41.3 Å². The first-order chi connectivity index (χ1) is 14.1. The molecule has 1 atom stereocenters. The fourth-order valence-electron chi connectivity index (χ4n) is 3.87. The molecule has 0 bridgehead atoms. The van der Waals surface area contributed by atoms with E-state index in [-0.39, 0.29) is 11.8 Å². The van der Waals surface area contributed by atoms with Crippen molar-refractivity contribution in [1.29, 1.82) is 0 Å². The van der Waals surface area contributed by atoms with E-state index in [0.29, 0.717) is 24.4 Å². The first kappa shape index (κ1) is 19.6. The summed E-state index contributed by atoms with van der Waals surface area (Å²) in [5.74, 6) is 0.512. The Morgan fingerprint density at radius 1 is 1.24 bits per heavy atom. The lowest BCUT2D eigenvalue weighted by atomic mass is 10.00. The third kappa shape index (κ3) is 4.48. The molecule has 4 rings (SSSR count). The van der Waals surface area contributed by atoms with Crippen LogP contribution in [0.25, 0.3) is 21.5 Å². The summed E-state index contributed by atoms with van der Waals surface area (Å²) in [5.41, 5.74) is 2.18. The molecule has 1 aromatic carbocycles. The van der Waals surface area contributed by atoms with Crippen molar-refractivity contribution in [3.8, 4) is 10.6 Å². The van der Waals surface area contributed by atoms with Crippen LogP contribution in [0, 0.1) is 5.92 Å². The quantitative estimate of drug-likeness (QED) is 0.684. The number of hydrogen-bond acceptors (Lipinski definition) is 4. The summed E-state index contributed by atoms with van der Waals surface area (Å²) in [7, 11) is 0. The second-order valence-corrected chi connectivity index (χ2v) is 8.59. The van der Waals surface area contributed by atoms with Gasteiger partial charge >= 0.3 is 0 Å². The molecule has 1 unspecified atom stereocenters. The van der Waals surface area contributed by atoms with Gasteiger partial charge in [0, 0.05) is 31.4 Å². The predicted octanol–water partition coefficient (Wildman–Crippen LogP) is 4.34. The minimum atomic E-state index is -0.166. The van der Waals surface area contributed by atoms with Crippen molar-refractivity contribution in [1.82, 2.24) is 15.2 Å². The van der Waals surface area contributed by atoms with Gasteiger partial charge in [-0.25, -0.2) is 4.98 Å². The lowest BCUT2D eigenvalue weighted by molar-refractivity contribution is -0.132. The van der Waals surface area contributed by atoms with Crippen LogP contribution in [0.1, 0.15) is 36.5 Å². The smallest absolute Gasteiger partial charge is 0.252 e. The average molecular weight is 408 g/mol. The molecule has 3 aromatic rings. The molecule has 29 heavy (non-hydrogen) atoms. The molecule has 2 amide bonds. The largest absolute Gasteiger partial charge is 0.351 e. The predicted molar refractivity (Wildman–Crippen MR) is 117 cm³/mol. The number of carbonyl (C=O) groups is 2. The Balaban J connectivity index is 1.47. The van der Waals surface area contributed by atoms with E-state index in [1.165, 1.54) is 6.42 Å². The summed E-state index contributed by atoms with van der Waals surface area (Å²) >= 11 is 1.60. The number of piperidine rings is 1. The number of benzene rings is 1. The van der Waals surface area contributed by atoms with E-state index in [4.69, 9.17) is 4.98 Å². The highest BCUT2D eigenvalue weighted by molar-refractivity contribution is 7.13. The molecule has 1 saturated heterocycles. The summed E-state index contributed by atoms with van der Waals surface area (Å²) in [6.45, 7) is 4.18. The number of para-hydroxylation sites is 1. The van der Waals surface area contributed by atoms with E-state index in [1.807, 2.05) is 52.7 Å². The SMILES string of the molecule is CC1CCCN(C(=O)CCNC(=O)c2cc(-c3cccs3)nc3ccccc23)C1. The number of fused-ring (bicyclic) bond motifs is 1. The maximum Gasteiger partial charge on any atom is 0.252 e. The van der Waals surface area contributed by atoms with Crippen molar-refractivity contribution < 1.29 is 9.59 Å². The summed E-state index contributed by atoms with van der Waals surface area (Å²) in [6.07, 6.45) is 2.58. The molecular formula is C23H25N3O2S. The highest BCUT2D eigenvalue weighted by atomic mass is 32.1. The molecule has 0 saturated carbocycles. The van der Waals surface area contributed by atoms with Crippen molar-refractivity contribution in [2.24, 2.45) is 5.92 Å². The topological polar surface area (TPSA) is 62.3 Å². The van der Waals surface area contributed by atoms with Crippen molar-refractivity contribution in [2.75, 3.05) is 19.6 Å². The molecule has 2 aromatic heterocycles. The minimum Gasteiger partial charge on any atom is -0.351 e. The number of thiophene rings is 1. The van der Waals surface area contributed by atoms with Gasteiger partial charge < -0.3 is 10.2 Å². The number of rotatable bonds is 5. The Labute approximate surface area is 174 Å². The molecule has 0 spiro atoms. The number of nitrogens with zero attached hydrogens (tertiary/aromatic N) is 2. The van der Waals surface area contributed by atoms with E-state index in [9.17, 15) is 9.59 Å². The molecule has 1 aliphatic rings. The number of likely N-dealkylation sites (tertiary alicyclic amines) is 1. The second kappa shape index (κ2) is 8.74. The first-order valence-corrected chi connectivity index (χ1v) is 11.0. The Morgan fingerprint density at radius 3 is 2.90 bits per heavy atom. The molecule has 3 heterocycles. The van der Waals surface area contributed by atoms with Crippen molar-refractivity contribution in [2.45, 2.75) is 26.2 Å². The van der Waals surface area contributed by atoms with Crippen LogP contribution >= 0.6 is 11.3 Å². The lowest BCUT2D eigenvalue weighted by Crippen LogP contribution is -2.40. The lowest BCUT2D eigenvalue weighted by Gasteiger charge is -2.31. The van der Waals surface area contributed by atoms with E-state index in [0.717, 1.165) is 41.0 Å². The van der Waals surface area contributed by atoms with Crippen molar-refractivity contribution in [3.05, 3.63) is 53.4 Å². The summed E-state index contributed by atoms with van der Waals surface area (Å²) in [4.78, 5) is 33.0. The van der Waals surface area contributed by atoms with Gasteiger partial charge in [-0.3, -0.25) is 9.59 Å². The van der Waals surface area contributed by atoms with E-state index in [2.05, 4.69) is 12.2 Å². The Hall–Kier alpha value is -2.73. The first-order valence-electron chi connectivity index (χ1n) is 10.1. The minimum absolute atomic E-state index is 0.121. The van der Waals surface area contributed by atoms with Crippen LogP contribution in [0.15, 0.2) is 47.8 Å². The normalized spacial score (nSPS) is 16.7. The second-order valence-electron chi connectivity index (χ2n) is 7.64. The maximum atomic E-state index is 12.9.